The Kier molecular flexibility index (Phi) is 5.95. The predicted molar refractivity (Wildman–Crippen MR) is 69.1 cm³/mol. The van der Waals surface area contributed by atoms with Crippen molar-refractivity contribution in [2.75, 3.05) is 6.61 Å². The lowest BCUT2D eigenvalue weighted by molar-refractivity contribution is -0.147. The van der Waals surface area contributed by atoms with Crippen molar-refractivity contribution >= 4 is 23.9 Å². The maximum atomic E-state index is 11.2. The largest absolute Gasteiger partial charge is 0.466 e. The van der Waals surface area contributed by atoms with Crippen LogP contribution in [0.4, 0.5) is 0 Å². The summed E-state index contributed by atoms with van der Waals surface area (Å²) in [6.07, 6.45) is -2.35. The molecule has 1 aromatic carbocycles. The maximum absolute atomic E-state index is 11.2. The number of ether oxygens (including phenoxy) is 1. The molecule has 104 valence electrons. The molecule has 0 aliphatic rings. The molecule has 0 spiro atoms. The van der Waals surface area contributed by atoms with Crippen LogP contribution in [0.2, 0.25) is 5.02 Å². The Morgan fingerprint density at radius 3 is 2.68 bits per heavy atom. The Morgan fingerprint density at radius 1 is 1.47 bits per heavy atom. The van der Waals surface area contributed by atoms with Crippen molar-refractivity contribution in [3.63, 3.8) is 0 Å². The quantitative estimate of drug-likeness (QED) is 0.611. The molecule has 0 radical (unpaired) electrons. The first kappa shape index (κ1) is 15.6. The van der Waals surface area contributed by atoms with Crippen LogP contribution in [-0.2, 0) is 9.53 Å². The highest BCUT2D eigenvalue weighted by Gasteiger charge is 2.24. The van der Waals surface area contributed by atoms with E-state index in [9.17, 15) is 19.8 Å². The summed E-state index contributed by atoms with van der Waals surface area (Å²) in [4.78, 5) is 21.8. The molecule has 19 heavy (non-hydrogen) atoms. The van der Waals surface area contributed by atoms with Gasteiger partial charge in [0.25, 0.3) is 0 Å². The Morgan fingerprint density at radius 2 is 2.16 bits per heavy atom. The maximum Gasteiger partial charge on any atom is 0.308 e. The van der Waals surface area contributed by atoms with Gasteiger partial charge in [0.05, 0.1) is 19.1 Å². The van der Waals surface area contributed by atoms with Gasteiger partial charge in [0, 0.05) is 16.1 Å². The molecule has 2 atom stereocenters. The first-order valence-electron chi connectivity index (χ1n) is 5.76. The summed E-state index contributed by atoms with van der Waals surface area (Å²) in [5.74, 6) is -0.602. The molecule has 0 aromatic heterocycles. The lowest BCUT2D eigenvalue weighted by Crippen LogP contribution is -2.23. The van der Waals surface area contributed by atoms with Crippen LogP contribution in [0.5, 0.6) is 0 Å². The Balaban J connectivity index is 2.79. The van der Waals surface area contributed by atoms with Crippen molar-refractivity contribution in [2.45, 2.75) is 25.6 Å². The van der Waals surface area contributed by atoms with Crippen molar-refractivity contribution in [2.24, 2.45) is 0 Å². The molecule has 0 bridgehead atoms. The lowest BCUT2D eigenvalue weighted by Gasteiger charge is -2.18. The van der Waals surface area contributed by atoms with Gasteiger partial charge in [-0.3, -0.25) is 9.59 Å². The van der Waals surface area contributed by atoms with Gasteiger partial charge in [-0.2, -0.15) is 0 Å². The molecule has 5 nitrogen and oxygen atoms in total. The highest BCUT2D eigenvalue weighted by atomic mass is 35.5. The number of hydrogen-bond acceptors (Lipinski definition) is 5. The van der Waals surface area contributed by atoms with E-state index in [1.54, 1.807) is 6.92 Å². The Bertz CT molecular complexity index is 460. The summed E-state index contributed by atoms with van der Waals surface area (Å²) in [5, 5.41) is 19.8. The van der Waals surface area contributed by atoms with Gasteiger partial charge in [-0.15, -0.1) is 0 Å². The first-order chi connectivity index (χ1) is 8.99. The fraction of sp³-hybridized carbons (Fsp3) is 0.385. The van der Waals surface area contributed by atoms with Gasteiger partial charge in [-0.05, 0) is 13.0 Å². The fourth-order valence-corrected chi connectivity index (χ4v) is 1.87. The smallest absolute Gasteiger partial charge is 0.308 e. The number of esters is 1. The van der Waals surface area contributed by atoms with Crippen LogP contribution in [0.3, 0.4) is 0 Å². The SMILES string of the molecule is CCOC(=O)CC(O)C(O)c1ccc(C=O)cc1Cl. The first-order valence-corrected chi connectivity index (χ1v) is 6.13. The van der Waals surface area contributed by atoms with Crippen molar-refractivity contribution in [1.29, 1.82) is 0 Å². The second kappa shape index (κ2) is 7.23. The minimum atomic E-state index is -1.32. The number of aliphatic hydroxyl groups is 2. The highest BCUT2D eigenvalue weighted by Crippen LogP contribution is 2.27. The zero-order valence-corrected chi connectivity index (χ0v) is 11.1. The van der Waals surface area contributed by atoms with E-state index in [-0.39, 0.29) is 23.6 Å². The molecule has 2 unspecified atom stereocenters. The summed E-state index contributed by atoms with van der Waals surface area (Å²) in [6.45, 7) is 1.85. The molecule has 0 heterocycles. The number of halogens is 1. The molecule has 0 saturated heterocycles. The monoisotopic (exact) mass is 286 g/mol. The van der Waals surface area contributed by atoms with E-state index in [0.717, 1.165) is 0 Å². The predicted octanol–water partition coefficient (Wildman–Crippen LogP) is 1.50. The molecular weight excluding hydrogens is 272 g/mol. The van der Waals surface area contributed by atoms with Gasteiger partial charge in [0.2, 0.25) is 0 Å². The minimum absolute atomic E-state index is 0.153. The van der Waals surface area contributed by atoms with E-state index >= 15 is 0 Å². The van der Waals surface area contributed by atoms with Crippen LogP contribution in [-0.4, -0.2) is 35.2 Å². The van der Waals surface area contributed by atoms with Crippen molar-refractivity contribution in [1.82, 2.24) is 0 Å². The summed E-state index contributed by atoms with van der Waals surface area (Å²) in [6, 6.07) is 4.28. The van der Waals surface area contributed by atoms with Gasteiger partial charge in [-0.25, -0.2) is 0 Å². The van der Waals surface area contributed by atoms with Crippen LogP contribution >= 0.6 is 11.6 Å². The van der Waals surface area contributed by atoms with Crippen molar-refractivity contribution in [3.05, 3.63) is 34.3 Å². The molecular formula is C13H15ClO5. The highest BCUT2D eigenvalue weighted by molar-refractivity contribution is 6.31. The molecule has 0 aliphatic carbocycles. The molecule has 0 saturated carbocycles. The minimum Gasteiger partial charge on any atom is -0.466 e. The van der Waals surface area contributed by atoms with Gasteiger partial charge in [0.1, 0.15) is 12.4 Å². The number of aliphatic hydroxyl groups excluding tert-OH is 2. The molecule has 0 amide bonds. The summed E-state index contributed by atoms with van der Waals surface area (Å²) in [5.41, 5.74) is 0.616. The van der Waals surface area contributed by atoms with Gasteiger partial charge in [-0.1, -0.05) is 23.7 Å². The molecule has 0 fully saturated rings. The third-order valence-electron chi connectivity index (χ3n) is 2.52. The standard InChI is InChI=1S/C13H15ClO5/c1-2-19-12(17)6-11(16)13(18)9-4-3-8(7-15)5-10(9)14/h3-5,7,11,13,16,18H,2,6H2,1H3. The summed E-state index contributed by atoms with van der Waals surface area (Å²) >= 11 is 5.90. The summed E-state index contributed by atoms with van der Waals surface area (Å²) < 4.78 is 4.68. The molecule has 6 heteroatoms. The fourth-order valence-electron chi connectivity index (χ4n) is 1.57. The Hall–Kier alpha value is -1.43. The van der Waals surface area contributed by atoms with E-state index in [2.05, 4.69) is 4.74 Å². The number of carbonyl (C=O) groups is 2. The molecule has 1 aromatic rings. The van der Waals surface area contributed by atoms with E-state index < -0.39 is 18.2 Å². The average molecular weight is 287 g/mol. The summed E-state index contributed by atoms with van der Waals surface area (Å²) in [7, 11) is 0. The average Bonchev–Trinajstić information content (AvgIpc) is 2.37. The zero-order valence-electron chi connectivity index (χ0n) is 10.4. The van der Waals surface area contributed by atoms with Crippen LogP contribution in [0, 0.1) is 0 Å². The van der Waals surface area contributed by atoms with E-state index in [1.165, 1.54) is 18.2 Å². The number of aldehydes is 1. The van der Waals surface area contributed by atoms with Gasteiger partial charge in [0.15, 0.2) is 0 Å². The van der Waals surface area contributed by atoms with Crippen LogP contribution < -0.4 is 0 Å². The lowest BCUT2D eigenvalue weighted by atomic mass is 10.0. The third kappa shape index (κ3) is 4.31. The van der Waals surface area contributed by atoms with E-state index in [4.69, 9.17) is 11.6 Å². The molecule has 2 N–H and O–H groups in total. The molecule has 1 rings (SSSR count). The topological polar surface area (TPSA) is 83.8 Å². The third-order valence-corrected chi connectivity index (χ3v) is 2.85. The van der Waals surface area contributed by atoms with Gasteiger partial charge < -0.3 is 14.9 Å². The Labute approximate surface area is 115 Å². The number of benzene rings is 1. The van der Waals surface area contributed by atoms with Crippen LogP contribution in [0.25, 0.3) is 0 Å². The number of rotatable bonds is 6. The van der Waals surface area contributed by atoms with Gasteiger partial charge >= 0.3 is 5.97 Å². The number of carbonyl (C=O) groups excluding carboxylic acids is 2. The van der Waals surface area contributed by atoms with Crippen LogP contribution in [0.1, 0.15) is 35.4 Å². The molecule has 0 aliphatic heterocycles. The normalized spacial score (nSPS) is 13.7. The van der Waals surface area contributed by atoms with Crippen molar-refractivity contribution in [3.8, 4) is 0 Å². The van der Waals surface area contributed by atoms with E-state index in [1.807, 2.05) is 0 Å². The van der Waals surface area contributed by atoms with E-state index in [0.29, 0.717) is 11.8 Å². The number of hydrogen-bond donors (Lipinski definition) is 2. The second-order valence-electron chi connectivity index (χ2n) is 3.92. The second-order valence-corrected chi connectivity index (χ2v) is 4.33. The zero-order chi connectivity index (χ0) is 14.4. The van der Waals surface area contributed by atoms with Crippen molar-refractivity contribution < 1.29 is 24.5 Å². The van der Waals surface area contributed by atoms with Crippen LogP contribution in [0.15, 0.2) is 18.2 Å².